The van der Waals surface area contributed by atoms with E-state index >= 15 is 0 Å². The second-order valence-electron chi connectivity index (χ2n) is 4.66. The number of hydrogen-bond donors (Lipinski definition) is 3. The number of nitrogen functional groups attached to an aromatic ring is 1. The van der Waals surface area contributed by atoms with Gasteiger partial charge in [0.1, 0.15) is 5.82 Å². The predicted octanol–water partition coefficient (Wildman–Crippen LogP) is 0.806. The molecule has 0 unspecified atom stereocenters. The number of aromatic amines is 1. The molecule has 6 nitrogen and oxygen atoms in total. The van der Waals surface area contributed by atoms with Crippen molar-refractivity contribution in [1.82, 2.24) is 20.5 Å². The lowest BCUT2D eigenvalue weighted by Gasteiger charge is -2.05. The number of amides is 1. The molecule has 0 fully saturated rings. The zero-order valence-corrected chi connectivity index (χ0v) is 10.4. The molecule has 1 aromatic heterocycles. The van der Waals surface area contributed by atoms with E-state index in [-0.39, 0.29) is 11.9 Å². The van der Waals surface area contributed by atoms with Gasteiger partial charge in [-0.15, -0.1) is 5.10 Å². The number of rotatable bonds is 3. The molecule has 0 atom stereocenters. The zero-order valence-electron chi connectivity index (χ0n) is 10.4. The number of carbonyl (C=O) groups excluding carboxylic acids is 1. The summed E-state index contributed by atoms with van der Waals surface area (Å²) in [6.45, 7) is 0.292. The van der Waals surface area contributed by atoms with Gasteiger partial charge in [-0.3, -0.25) is 9.89 Å². The Bertz CT molecular complexity index is 619. The summed E-state index contributed by atoms with van der Waals surface area (Å²) in [6.07, 6.45) is 3.36. The summed E-state index contributed by atoms with van der Waals surface area (Å²) < 4.78 is 0. The largest absolute Gasteiger partial charge is 0.367 e. The maximum atomic E-state index is 12.0. The van der Waals surface area contributed by atoms with Gasteiger partial charge in [-0.2, -0.15) is 4.98 Å². The monoisotopic (exact) mass is 257 g/mol. The number of benzene rings is 1. The molecule has 0 bridgehead atoms. The van der Waals surface area contributed by atoms with Crippen molar-refractivity contribution < 1.29 is 4.79 Å². The summed E-state index contributed by atoms with van der Waals surface area (Å²) in [6, 6.07) is 5.89. The van der Waals surface area contributed by atoms with Crippen LogP contribution >= 0.6 is 0 Å². The number of nitrogens with zero attached hydrogens (tertiary/aromatic N) is 2. The van der Waals surface area contributed by atoms with Crippen molar-refractivity contribution in [1.29, 1.82) is 0 Å². The van der Waals surface area contributed by atoms with Crippen LogP contribution in [0.1, 0.15) is 33.7 Å². The van der Waals surface area contributed by atoms with E-state index in [1.165, 1.54) is 17.5 Å². The van der Waals surface area contributed by atoms with E-state index in [4.69, 9.17) is 5.73 Å². The molecule has 0 saturated carbocycles. The molecule has 2 aromatic rings. The topological polar surface area (TPSA) is 96.7 Å². The van der Waals surface area contributed by atoms with E-state index in [0.29, 0.717) is 17.9 Å². The molecule has 1 aliphatic rings. The fourth-order valence-corrected chi connectivity index (χ4v) is 2.37. The van der Waals surface area contributed by atoms with Gasteiger partial charge in [-0.05, 0) is 42.5 Å². The van der Waals surface area contributed by atoms with Gasteiger partial charge in [0.15, 0.2) is 0 Å². The molecule has 6 heteroatoms. The van der Waals surface area contributed by atoms with Crippen LogP contribution in [0.3, 0.4) is 0 Å². The van der Waals surface area contributed by atoms with Gasteiger partial charge < -0.3 is 11.1 Å². The van der Waals surface area contributed by atoms with Crippen molar-refractivity contribution >= 4 is 11.9 Å². The van der Waals surface area contributed by atoms with Crippen LogP contribution in [0.25, 0.3) is 0 Å². The van der Waals surface area contributed by atoms with Crippen molar-refractivity contribution in [2.45, 2.75) is 25.8 Å². The number of hydrogen-bond acceptors (Lipinski definition) is 4. The number of aromatic nitrogens is 3. The maximum Gasteiger partial charge on any atom is 0.251 e. The Balaban J connectivity index is 1.67. The van der Waals surface area contributed by atoms with Crippen LogP contribution in [0.15, 0.2) is 18.2 Å². The van der Waals surface area contributed by atoms with E-state index in [0.717, 1.165) is 12.8 Å². The van der Waals surface area contributed by atoms with E-state index in [9.17, 15) is 4.79 Å². The van der Waals surface area contributed by atoms with Gasteiger partial charge >= 0.3 is 0 Å². The lowest BCUT2D eigenvalue weighted by atomic mass is 10.1. The second-order valence-corrected chi connectivity index (χ2v) is 4.66. The molecule has 1 aromatic carbocycles. The van der Waals surface area contributed by atoms with E-state index < -0.39 is 0 Å². The number of nitrogens with one attached hydrogen (secondary N) is 2. The Morgan fingerprint density at radius 2 is 2.21 bits per heavy atom. The van der Waals surface area contributed by atoms with E-state index in [1.54, 1.807) is 0 Å². The molecular weight excluding hydrogens is 242 g/mol. The molecular formula is C13H15N5O. The molecule has 1 heterocycles. The first-order valence-electron chi connectivity index (χ1n) is 6.29. The van der Waals surface area contributed by atoms with Gasteiger partial charge in [0.05, 0.1) is 6.54 Å². The van der Waals surface area contributed by atoms with Crippen molar-refractivity contribution in [3.05, 3.63) is 40.7 Å². The van der Waals surface area contributed by atoms with Gasteiger partial charge in [0.2, 0.25) is 5.95 Å². The Kier molecular flexibility index (Phi) is 2.91. The van der Waals surface area contributed by atoms with Crippen molar-refractivity contribution in [2.75, 3.05) is 5.73 Å². The Hall–Kier alpha value is -2.37. The molecule has 0 spiro atoms. The Morgan fingerprint density at radius 1 is 1.37 bits per heavy atom. The average molecular weight is 257 g/mol. The van der Waals surface area contributed by atoms with Gasteiger partial charge in [0, 0.05) is 5.56 Å². The number of carbonyl (C=O) groups is 1. The first-order valence-corrected chi connectivity index (χ1v) is 6.29. The second kappa shape index (κ2) is 4.72. The summed E-state index contributed by atoms with van der Waals surface area (Å²) in [5.41, 5.74) is 8.73. The number of fused-ring (bicyclic) bond motifs is 1. The molecule has 4 N–H and O–H groups in total. The molecule has 0 aliphatic heterocycles. The predicted molar refractivity (Wildman–Crippen MR) is 70.4 cm³/mol. The third-order valence-corrected chi connectivity index (χ3v) is 3.33. The van der Waals surface area contributed by atoms with Crippen molar-refractivity contribution in [3.63, 3.8) is 0 Å². The molecule has 3 rings (SSSR count). The molecule has 1 amide bonds. The fraction of sp³-hybridized carbons (Fsp3) is 0.308. The van der Waals surface area contributed by atoms with Crippen LogP contribution in [0.2, 0.25) is 0 Å². The highest BCUT2D eigenvalue weighted by Crippen LogP contribution is 2.22. The molecule has 0 saturated heterocycles. The minimum atomic E-state index is -0.107. The van der Waals surface area contributed by atoms with Crippen LogP contribution < -0.4 is 11.1 Å². The quantitative estimate of drug-likeness (QED) is 0.757. The van der Waals surface area contributed by atoms with Gasteiger partial charge in [-0.25, -0.2) is 0 Å². The van der Waals surface area contributed by atoms with Gasteiger partial charge in [0.25, 0.3) is 5.91 Å². The maximum absolute atomic E-state index is 12.0. The number of nitrogens with two attached hydrogens (primary N) is 1. The fourth-order valence-electron chi connectivity index (χ4n) is 2.37. The average Bonchev–Trinajstić information content (AvgIpc) is 3.03. The first kappa shape index (κ1) is 11.7. The molecule has 19 heavy (non-hydrogen) atoms. The summed E-state index contributed by atoms with van der Waals surface area (Å²) in [4.78, 5) is 16.0. The smallest absolute Gasteiger partial charge is 0.251 e. The van der Waals surface area contributed by atoms with Crippen LogP contribution in [0, 0.1) is 0 Å². The summed E-state index contributed by atoms with van der Waals surface area (Å²) in [5.74, 6) is 0.624. The molecule has 1 aliphatic carbocycles. The summed E-state index contributed by atoms with van der Waals surface area (Å²) >= 11 is 0. The van der Waals surface area contributed by atoms with Crippen LogP contribution in [-0.2, 0) is 19.4 Å². The standard InChI is InChI=1S/C13H15N5O/c14-13-16-11(17-18-13)7-15-12(19)10-5-4-8-2-1-3-9(8)6-10/h4-6H,1-3,7H2,(H,15,19)(H3,14,16,17,18). The van der Waals surface area contributed by atoms with Crippen LogP contribution in [0.4, 0.5) is 5.95 Å². The van der Waals surface area contributed by atoms with Crippen LogP contribution in [0.5, 0.6) is 0 Å². The normalized spacial score (nSPS) is 13.3. The van der Waals surface area contributed by atoms with E-state index in [2.05, 4.69) is 20.5 Å². The Morgan fingerprint density at radius 3 is 3.00 bits per heavy atom. The van der Waals surface area contributed by atoms with Gasteiger partial charge in [-0.1, -0.05) is 6.07 Å². The highest BCUT2D eigenvalue weighted by atomic mass is 16.1. The first-order chi connectivity index (χ1) is 9.22. The lowest BCUT2D eigenvalue weighted by Crippen LogP contribution is -2.23. The highest BCUT2D eigenvalue weighted by Gasteiger charge is 2.14. The number of aryl methyl sites for hydroxylation is 2. The van der Waals surface area contributed by atoms with Crippen molar-refractivity contribution in [2.24, 2.45) is 0 Å². The van der Waals surface area contributed by atoms with Crippen LogP contribution in [-0.4, -0.2) is 21.1 Å². The minimum absolute atomic E-state index is 0.107. The third kappa shape index (κ3) is 2.42. The minimum Gasteiger partial charge on any atom is -0.367 e. The lowest BCUT2D eigenvalue weighted by molar-refractivity contribution is 0.0950. The summed E-state index contributed by atoms with van der Waals surface area (Å²) in [5, 5.41) is 9.15. The van der Waals surface area contributed by atoms with E-state index in [1.807, 2.05) is 18.2 Å². The molecule has 98 valence electrons. The summed E-state index contributed by atoms with van der Waals surface area (Å²) in [7, 11) is 0. The highest BCUT2D eigenvalue weighted by molar-refractivity contribution is 5.94. The number of anilines is 1. The third-order valence-electron chi connectivity index (χ3n) is 3.33. The SMILES string of the molecule is Nc1n[nH]c(CNC(=O)c2ccc3c(c2)CCC3)n1. The Labute approximate surface area is 110 Å². The van der Waals surface area contributed by atoms with Crippen molar-refractivity contribution in [3.8, 4) is 0 Å². The zero-order chi connectivity index (χ0) is 13.2. The number of H-pyrrole nitrogens is 1. The molecule has 0 radical (unpaired) electrons.